The third-order valence-corrected chi connectivity index (χ3v) is 4.23. The van der Waals surface area contributed by atoms with Crippen LogP contribution in [0.1, 0.15) is 5.89 Å². The number of para-hydroxylation sites is 2. The van der Waals surface area contributed by atoms with Crippen molar-refractivity contribution >= 4 is 15.7 Å². The Labute approximate surface area is 120 Å². The second kappa shape index (κ2) is 4.92. The van der Waals surface area contributed by atoms with Gasteiger partial charge in [-0.3, -0.25) is 4.31 Å². The number of anilines is 1. The first-order chi connectivity index (χ1) is 9.93. The van der Waals surface area contributed by atoms with E-state index in [1.165, 1.54) is 4.31 Å². The number of rotatable bonds is 3. The molecule has 21 heavy (non-hydrogen) atoms. The zero-order chi connectivity index (χ0) is 15.0. The van der Waals surface area contributed by atoms with E-state index < -0.39 is 21.9 Å². The third kappa shape index (κ3) is 2.77. The SMILES string of the molecule is CS(=O)(=O)N1C[C@H](Cc2n[nH]c(=O)o2)Oc2ccccc21. The average molecular weight is 311 g/mol. The second-order valence-electron chi connectivity index (χ2n) is 4.71. The molecule has 1 N–H and O–H groups in total. The van der Waals surface area contributed by atoms with Gasteiger partial charge < -0.3 is 9.15 Å². The number of hydrogen-bond donors (Lipinski definition) is 1. The highest BCUT2D eigenvalue weighted by molar-refractivity contribution is 7.92. The fourth-order valence-electron chi connectivity index (χ4n) is 2.23. The maximum Gasteiger partial charge on any atom is 0.434 e. The normalized spacial score (nSPS) is 18.1. The molecule has 0 spiro atoms. The minimum Gasteiger partial charge on any atom is -0.486 e. The summed E-state index contributed by atoms with van der Waals surface area (Å²) in [6, 6.07) is 6.88. The molecule has 1 aromatic carbocycles. The van der Waals surface area contributed by atoms with Crippen molar-refractivity contribution in [1.29, 1.82) is 0 Å². The maximum absolute atomic E-state index is 11.9. The predicted molar refractivity (Wildman–Crippen MR) is 73.9 cm³/mol. The van der Waals surface area contributed by atoms with Gasteiger partial charge >= 0.3 is 5.76 Å². The summed E-state index contributed by atoms with van der Waals surface area (Å²) in [5, 5.41) is 5.86. The fourth-order valence-corrected chi connectivity index (χ4v) is 3.17. The van der Waals surface area contributed by atoms with Crippen LogP contribution in [0.25, 0.3) is 0 Å². The average Bonchev–Trinajstić information content (AvgIpc) is 2.82. The summed E-state index contributed by atoms with van der Waals surface area (Å²) < 4.78 is 35.7. The highest BCUT2D eigenvalue weighted by Gasteiger charge is 2.31. The Morgan fingerprint density at radius 3 is 2.86 bits per heavy atom. The molecule has 0 radical (unpaired) electrons. The van der Waals surface area contributed by atoms with Crippen LogP contribution in [0.3, 0.4) is 0 Å². The molecular weight excluding hydrogens is 298 g/mol. The molecule has 0 unspecified atom stereocenters. The molecule has 1 aliphatic rings. The zero-order valence-corrected chi connectivity index (χ0v) is 12.0. The molecule has 8 nitrogen and oxygen atoms in total. The first kappa shape index (κ1) is 13.7. The van der Waals surface area contributed by atoms with Gasteiger partial charge in [0.25, 0.3) is 0 Å². The molecule has 1 aliphatic heterocycles. The number of aromatic amines is 1. The smallest absolute Gasteiger partial charge is 0.434 e. The number of nitrogens with one attached hydrogen (secondary N) is 1. The lowest BCUT2D eigenvalue weighted by molar-refractivity contribution is 0.189. The number of aromatic nitrogens is 2. The molecule has 1 aromatic heterocycles. The van der Waals surface area contributed by atoms with Gasteiger partial charge in [0.15, 0.2) is 0 Å². The number of nitrogens with zero attached hydrogens (tertiary/aromatic N) is 2. The quantitative estimate of drug-likeness (QED) is 0.864. The Hall–Kier alpha value is -2.29. The van der Waals surface area contributed by atoms with E-state index in [1.54, 1.807) is 24.3 Å². The molecule has 0 fully saturated rings. The van der Waals surface area contributed by atoms with E-state index in [4.69, 9.17) is 9.15 Å². The molecule has 2 heterocycles. The molecule has 0 aliphatic carbocycles. The van der Waals surface area contributed by atoms with Crippen molar-refractivity contribution in [3.63, 3.8) is 0 Å². The predicted octanol–water partition coefficient (Wildman–Crippen LogP) is 0.133. The van der Waals surface area contributed by atoms with E-state index in [0.717, 1.165) is 6.26 Å². The summed E-state index contributed by atoms with van der Waals surface area (Å²) in [6.07, 6.45) is 0.848. The van der Waals surface area contributed by atoms with Gasteiger partial charge in [0, 0.05) is 0 Å². The van der Waals surface area contributed by atoms with Crippen LogP contribution >= 0.6 is 0 Å². The van der Waals surface area contributed by atoms with Gasteiger partial charge in [-0.2, -0.15) is 0 Å². The van der Waals surface area contributed by atoms with Gasteiger partial charge in [0.2, 0.25) is 15.9 Å². The van der Waals surface area contributed by atoms with Crippen molar-refractivity contribution in [1.82, 2.24) is 10.2 Å². The lowest BCUT2D eigenvalue weighted by Crippen LogP contribution is -2.44. The van der Waals surface area contributed by atoms with Crippen LogP contribution in [0.5, 0.6) is 5.75 Å². The highest BCUT2D eigenvalue weighted by atomic mass is 32.2. The van der Waals surface area contributed by atoms with Crippen molar-refractivity contribution in [3.8, 4) is 5.75 Å². The van der Waals surface area contributed by atoms with Crippen LogP contribution in [-0.4, -0.2) is 37.5 Å². The summed E-state index contributed by atoms with van der Waals surface area (Å²) in [5.41, 5.74) is 0.500. The standard InChI is InChI=1S/C12H13N3O5S/c1-21(17,18)15-7-8(6-11-13-14-12(16)20-11)19-10-5-3-2-4-9(10)15/h2-5,8H,6-7H2,1H3,(H,14,16)/t8-/m0/s1. The monoisotopic (exact) mass is 311 g/mol. The Kier molecular flexibility index (Phi) is 3.20. The molecule has 2 aromatic rings. The first-order valence-corrected chi connectivity index (χ1v) is 8.06. The highest BCUT2D eigenvalue weighted by Crippen LogP contribution is 2.35. The largest absolute Gasteiger partial charge is 0.486 e. The molecule has 9 heteroatoms. The summed E-state index contributed by atoms with van der Waals surface area (Å²) >= 11 is 0. The van der Waals surface area contributed by atoms with E-state index in [0.29, 0.717) is 11.4 Å². The third-order valence-electron chi connectivity index (χ3n) is 3.08. The van der Waals surface area contributed by atoms with E-state index in [1.807, 2.05) is 0 Å². The number of H-pyrrole nitrogens is 1. The van der Waals surface area contributed by atoms with Crippen LogP contribution in [0, 0.1) is 0 Å². The maximum atomic E-state index is 11.9. The topological polar surface area (TPSA) is 106 Å². The molecule has 0 saturated heterocycles. The Morgan fingerprint density at radius 1 is 1.43 bits per heavy atom. The second-order valence-corrected chi connectivity index (χ2v) is 6.62. The van der Waals surface area contributed by atoms with Crippen molar-refractivity contribution in [3.05, 3.63) is 40.7 Å². The number of hydrogen-bond acceptors (Lipinski definition) is 6. The van der Waals surface area contributed by atoms with Gasteiger partial charge in [0.05, 0.1) is 24.9 Å². The van der Waals surface area contributed by atoms with Crippen molar-refractivity contribution in [2.24, 2.45) is 0 Å². The Morgan fingerprint density at radius 2 is 2.19 bits per heavy atom. The Balaban J connectivity index is 1.92. The lowest BCUT2D eigenvalue weighted by Gasteiger charge is -2.34. The molecule has 0 saturated carbocycles. The van der Waals surface area contributed by atoms with Gasteiger partial charge in [-0.05, 0) is 12.1 Å². The number of ether oxygens (including phenoxy) is 1. The van der Waals surface area contributed by atoms with E-state index in [9.17, 15) is 13.2 Å². The molecule has 3 rings (SSSR count). The van der Waals surface area contributed by atoms with Crippen LogP contribution in [-0.2, 0) is 16.4 Å². The summed E-state index contributed by atoms with van der Waals surface area (Å²) in [4.78, 5) is 10.9. The number of sulfonamides is 1. The molecule has 0 bridgehead atoms. The minimum absolute atomic E-state index is 0.131. The van der Waals surface area contributed by atoms with Crippen molar-refractivity contribution in [2.75, 3.05) is 17.1 Å². The van der Waals surface area contributed by atoms with E-state index in [2.05, 4.69) is 10.2 Å². The molecule has 1 atom stereocenters. The Bertz CT molecular complexity index is 810. The molecule has 0 amide bonds. The lowest BCUT2D eigenvalue weighted by atomic mass is 10.2. The van der Waals surface area contributed by atoms with Gasteiger partial charge in [-0.15, -0.1) is 5.10 Å². The van der Waals surface area contributed by atoms with Crippen LogP contribution in [0.2, 0.25) is 0 Å². The number of benzene rings is 1. The minimum atomic E-state index is -3.43. The fraction of sp³-hybridized carbons (Fsp3) is 0.333. The van der Waals surface area contributed by atoms with Gasteiger partial charge in [-0.25, -0.2) is 18.3 Å². The van der Waals surface area contributed by atoms with E-state index >= 15 is 0 Å². The van der Waals surface area contributed by atoms with Crippen molar-refractivity contribution < 1.29 is 17.6 Å². The first-order valence-electron chi connectivity index (χ1n) is 6.21. The van der Waals surface area contributed by atoms with Crippen LogP contribution < -0.4 is 14.8 Å². The number of fused-ring (bicyclic) bond motifs is 1. The summed E-state index contributed by atoms with van der Waals surface area (Å²) in [7, 11) is -3.43. The molecule has 112 valence electrons. The molecular formula is C12H13N3O5S. The van der Waals surface area contributed by atoms with Crippen molar-refractivity contribution in [2.45, 2.75) is 12.5 Å². The zero-order valence-electron chi connectivity index (χ0n) is 11.1. The van der Waals surface area contributed by atoms with Crippen LogP contribution in [0.15, 0.2) is 33.5 Å². The van der Waals surface area contributed by atoms with Gasteiger partial charge in [-0.1, -0.05) is 12.1 Å². The summed E-state index contributed by atoms with van der Waals surface area (Å²) in [6.45, 7) is 0.131. The van der Waals surface area contributed by atoms with E-state index in [-0.39, 0.29) is 18.9 Å². The summed E-state index contributed by atoms with van der Waals surface area (Å²) in [5.74, 6) is -0.00364. The van der Waals surface area contributed by atoms with Crippen LogP contribution in [0.4, 0.5) is 5.69 Å². The van der Waals surface area contributed by atoms with Gasteiger partial charge in [0.1, 0.15) is 11.9 Å².